The Bertz CT molecular complexity index is 885. The fourth-order valence-electron chi connectivity index (χ4n) is 1.91. The third-order valence-corrected chi connectivity index (χ3v) is 4.38. The summed E-state index contributed by atoms with van der Waals surface area (Å²) >= 11 is 0. The summed E-state index contributed by atoms with van der Waals surface area (Å²) in [4.78, 5) is 11.1. The van der Waals surface area contributed by atoms with E-state index in [9.17, 15) is 27.1 Å². The number of carbonyl (C=O) groups excluding carboxylic acids is 1. The van der Waals surface area contributed by atoms with Crippen LogP contribution in [0.1, 0.15) is 10.4 Å². The lowest BCUT2D eigenvalue weighted by atomic mass is 10.2. The molecule has 0 saturated heterocycles. The summed E-state index contributed by atoms with van der Waals surface area (Å²) in [5, 5.41) is 9.76. The smallest absolute Gasteiger partial charge is 0.387 e. The molecule has 0 atom stereocenters. The van der Waals surface area contributed by atoms with Crippen molar-refractivity contribution in [1.29, 1.82) is 0 Å². The molecule has 0 bridgehead atoms. The van der Waals surface area contributed by atoms with Crippen LogP contribution in [0.4, 0.5) is 14.5 Å². The normalized spacial score (nSPS) is 11.2. The van der Waals surface area contributed by atoms with E-state index in [1.807, 2.05) is 0 Å². The second-order valence-electron chi connectivity index (χ2n) is 4.68. The van der Waals surface area contributed by atoms with Gasteiger partial charge in [0.25, 0.3) is 10.0 Å². The largest absolute Gasteiger partial charge is 0.507 e. The number of phenolic OH excluding ortho intramolecular Hbond substituents is 1. The van der Waals surface area contributed by atoms with Crippen LogP contribution in [0.3, 0.4) is 0 Å². The van der Waals surface area contributed by atoms with Crippen molar-refractivity contribution in [2.45, 2.75) is 11.5 Å². The zero-order chi connectivity index (χ0) is 18.6. The molecule has 2 rings (SSSR count). The van der Waals surface area contributed by atoms with Crippen LogP contribution in [0.2, 0.25) is 0 Å². The number of ether oxygens (including phenoxy) is 2. The van der Waals surface area contributed by atoms with Crippen molar-refractivity contribution in [3.8, 4) is 11.5 Å². The summed E-state index contributed by atoms with van der Waals surface area (Å²) in [5.74, 6) is -1.59. The number of benzene rings is 2. The lowest BCUT2D eigenvalue weighted by Gasteiger charge is -2.11. The predicted molar refractivity (Wildman–Crippen MR) is 83.3 cm³/mol. The Kier molecular flexibility index (Phi) is 5.42. The molecular weight excluding hydrogens is 360 g/mol. The van der Waals surface area contributed by atoms with Gasteiger partial charge in [0, 0.05) is 12.1 Å². The number of hydrogen-bond donors (Lipinski definition) is 2. The SMILES string of the molecule is COC(=O)c1ccc(NS(=O)(=O)c2cccc(OC(F)F)c2)cc1O. The van der Waals surface area contributed by atoms with E-state index in [2.05, 4.69) is 14.2 Å². The quantitative estimate of drug-likeness (QED) is 0.755. The topological polar surface area (TPSA) is 102 Å². The molecule has 7 nitrogen and oxygen atoms in total. The number of alkyl halides is 2. The van der Waals surface area contributed by atoms with Gasteiger partial charge in [-0.05, 0) is 24.3 Å². The maximum absolute atomic E-state index is 12.3. The van der Waals surface area contributed by atoms with Crippen molar-refractivity contribution in [3.63, 3.8) is 0 Å². The summed E-state index contributed by atoms with van der Waals surface area (Å²) < 4.78 is 59.8. The number of carbonyl (C=O) groups is 1. The molecule has 0 amide bonds. The van der Waals surface area contributed by atoms with Crippen LogP contribution in [0.15, 0.2) is 47.4 Å². The van der Waals surface area contributed by atoms with E-state index < -0.39 is 28.4 Å². The minimum absolute atomic E-state index is 0.0367. The van der Waals surface area contributed by atoms with Crippen LogP contribution in [0.25, 0.3) is 0 Å². The molecular formula is C15H13F2NO6S. The molecule has 2 aromatic carbocycles. The highest BCUT2D eigenvalue weighted by Crippen LogP contribution is 2.26. The molecule has 0 unspecified atom stereocenters. The number of hydrogen-bond acceptors (Lipinski definition) is 6. The molecule has 0 heterocycles. The highest BCUT2D eigenvalue weighted by molar-refractivity contribution is 7.92. The first-order chi connectivity index (χ1) is 11.7. The van der Waals surface area contributed by atoms with Crippen LogP contribution in [0, 0.1) is 0 Å². The first kappa shape index (κ1) is 18.5. The second kappa shape index (κ2) is 7.34. The van der Waals surface area contributed by atoms with Crippen LogP contribution < -0.4 is 9.46 Å². The van der Waals surface area contributed by atoms with E-state index in [4.69, 9.17) is 0 Å². The molecule has 0 fully saturated rings. The highest BCUT2D eigenvalue weighted by Gasteiger charge is 2.18. The molecule has 0 aliphatic rings. The molecule has 0 aliphatic carbocycles. The van der Waals surface area contributed by atoms with E-state index in [0.717, 1.165) is 19.2 Å². The van der Waals surface area contributed by atoms with Gasteiger partial charge in [-0.2, -0.15) is 8.78 Å². The van der Waals surface area contributed by atoms with Gasteiger partial charge in [0.15, 0.2) is 0 Å². The van der Waals surface area contributed by atoms with Gasteiger partial charge in [-0.1, -0.05) is 6.07 Å². The van der Waals surface area contributed by atoms with E-state index in [0.29, 0.717) is 0 Å². The zero-order valence-electron chi connectivity index (χ0n) is 12.8. The molecule has 0 spiro atoms. The average Bonchev–Trinajstić information content (AvgIpc) is 2.53. The van der Waals surface area contributed by atoms with Gasteiger partial charge in [-0.15, -0.1) is 0 Å². The number of esters is 1. The summed E-state index contributed by atoms with van der Waals surface area (Å²) in [5.41, 5.74) is -0.178. The Balaban J connectivity index is 2.27. The number of aromatic hydroxyl groups is 1. The first-order valence-electron chi connectivity index (χ1n) is 6.72. The standard InChI is InChI=1S/C15H13F2NO6S/c1-23-14(20)12-6-5-9(7-13(12)19)18-25(21,22)11-4-2-3-10(8-11)24-15(16)17/h2-8,15,18-19H,1H3. The van der Waals surface area contributed by atoms with Gasteiger partial charge in [-0.3, -0.25) is 4.72 Å². The number of phenols is 1. The van der Waals surface area contributed by atoms with Gasteiger partial charge in [0.1, 0.15) is 17.1 Å². The Morgan fingerprint density at radius 3 is 2.52 bits per heavy atom. The lowest BCUT2D eigenvalue weighted by Crippen LogP contribution is -2.13. The van der Waals surface area contributed by atoms with Crippen LogP contribution in [-0.2, 0) is 14.8 Å². The molecule has 2 N–H and O–H groups in total. The predicted octanol–water partition coefficient (Wildman–Crippen LogP) is 2.58. The van der Waals surface area contributed by atoms with Crippen molar-refractivity contribution in [1.82, 2.24) is 0 Å². The molecule has 0 aliphatic heterocycles. The van der Waals surface area contributed by atoms with Crippen molar-refractivity contribution in [2.24, 2.45) is 0 Å². The van der Waals surface area contributed by atoms with Crippen LogP contribution in [-0.4, -0.2) is 33.2 Å². The van der Waals surface area contributed by atoms with Crippen molar-refractivity contribution < 1.29 is 36.6 Å². The van der Waals surface area contributed by atoms with Crippen molar-refractivity contribution >= 4 is 21.7 Å². The number of methoxy groups -OCH3 is 1. The monoisotopic (exact) mass is 373 g/mol. The Hall–Kier alpha value is -2.88. The number of rotatable bonds is 6. The molecule has 25 heavy (non-hydrogen) atoms. The van der Waals surface area contributed by atoms with E-state index in [-0.39, 0.29) is 21.9 Å². The molecule has 2 aromatic rings. The fourth-order valence-corrected chi connectivity index (χ4v) is 2.99. The number of halogens is 2. The Morgan fingerprint density at radius 1 is 1.20 bits per heavy atom. The highest BCUT2D eigenvalue weighted by atomic mass is 32.2. The first-order valence-corrected chi connectivity index (χ1v) is 8.20. The fraction of sp³-hybridized carbons (Fsp3) is 0.133. The third kappa shape index (κ3) is 4.57. The molecule has 134 valence electrons. The summed E-state index contributed by atoms with van der Waals surface area (Å²) in [6, 6.07) is 7.97. The summed E-state index contributed by atoms with van der Waals surface area (Å²) in [6.45, 7) is -3.09. The number of sulfonamides is 1. The van der Waals surface area contributed by atoms with E-state index >= 15 is 0 Å². The minimum atomic E-state index is -4.13. The third-order valence-electron chi connectivity index (χ3n) is 3.00. The van der Waals surface area contributed by atoms with Crippen molar-refractivity contribution in [2.75, 3.05) is 11.8 Å². The summed E-state index contributed by atoms with van der Waals surface area (Å²) in [6.07, 6.45) is 0. The van der Waals surface area contributed by atoms with Gasteiger partial charge >= 0.3 is 12.6 Å². The lowest BCUT2D eigenvalue weighted by molar-refractivity contribution is -0.0500. The van der Waals surface area contributed by atoms with Crippen LogP contribution >= 0.6 is 0 Å². The van der Waals surface area contributed by atoms with E-state index in [1.54, 1.807) is 0 Å². The number of nitrogens with one attached hydrogen (secondary N) is 1. The Morgan fingerprint density at radius 2 is 1.92 bits per heavy atom. The molecule has 10 heteroatoms. The minimum Gasteiger partial charge on any atom is -0.507 e. The Labute approximate surface area is 141 Å². The second-order valence-corrected chi connectivity index (χ2v) is 6.36. The van der Waals surface area contributed by atoms with Gasteiger partial charge in [0.05, 0.1) is 17.7 Å². The van der Waals surface area contributed by atoms with Crippen molar-refractivity contribution in [3.05, 3.63) is 48.0 Å². The van der Waals surface area contributed by atoms with Gasteiger partial charge in [0.2, 0.25) is 0 Å². The number of anilines is 1. The maximum Gasteiger partial charge on any atom is 0.387 e. The zero-order valence-corrected chi connectivity index (χ0v) is 13.6. The molecule has 0 radical (unpaired) electrons. The van der Waals surface area contributed by atoms with Gasteiger partial charge in [-0.25, -0.2) is 13.2 Å². The van der Waals surface area contributed by atoms with E-state index in [1.165, 1.54) is 30.3 Å². The van der Waals surface area contributed by atoms with Gasteiger partial charge < -0.3 is 14.6 Å². The van der Waals surface area contributed by atoms with Crippen LogP contribution in [0.5, 0.6) is 11.5 Å². The average molecular weight is 373 g/mol. The molecule has 0 aromatic heterocycles. The maximum atomic E-state index is 12.3. The molecule has 0 saturated carbocycles. The summed E-state index contributed by atoms with van der Waals surface area (Å²) in [7, 11) is -3.00.